The molecular weight excluding hydrogens is 282 g/mol. The van der Waals surface area contributed by atoms with Crippen LogP contribution in [0, 0.1) is 6.92 Å². The topological polar surface area (TPSA) is 116 Å². The van der Waals surface area contributed by atoms with Gasteiger partial charge in [0.25, 0.3) is 5.91 Å². The zero-order valence-corrected chi connectivity index (χ0v) is 11.3. The van der Waals surface area contributed by atoms with Crippen LogP contribution in [0.25, 0.3) is 0 Å². The van der Waals surface area contributed by atoms with Gasteiger partial charge in [-0.25, -0.2) is 0 Å². The highest BCUT2D eigenvalue weighted by molar-refractivity contribution is 6.31. The number of oxime groups is 1. The summed E-state index contributed by atoms with van der Waals surface area (Å²) in [5.41, 5.74) is 6.97. The fourth-order valence-corrected chi connectivity index (χ4v) is 1.82. The molecule has 0 radical (unpaired) electrons. The molecule has 0 bridgehead atoms. The maximum Gasteiger partial charge on any atom is 0.257 e. The van der Waals surface area contributed by atoms with Crippen LogP contribution in [0.5, 0.6) is 0 Å². The van der Waals surface area contributed by atoms with Crippen molar-refractivity contribution in [1.29, 1.82) is 0 Å². The Hall–Kier alpha value is -2.54. The molecule has 8 heteroatoms. The highest BCUT2D eigenvalue weighted by Gasteiger charge is 2.15. The van der Waals surface area contributed by atoms with E-state index in [2.05, 4.69) is 20.7 Å². The molecule has 20 heavy (non-hydrogen) atoms. The molecule has 2 rings (SSSR count). The first-order valence-corrected chi connectivity index (χ1v) is 5.99. The molecule has 0 saturated carbocycles. The molecule has 0 aliphatic rings. The van der Waals surface area contributed by atoms with E-state index in [0.29, 0.717) is 16.1 Å². The third kappa shape index (κ3) is 2.72. The van der Waals surface area contributed by atoms with Gasteiger partial charge in [-0.1, -0.05) is 22.8 Å². The number of aromatic nitrogens is 2. The number of nitrogens with two attached hydrogens (primary N) is 1. The van der Waals surface area contributed by atoms with E-state index in [0.717, 1.165) is 5.56 Å². The molecule has 1 heterocycles. The number of amides is 1. The minimum Gasteiger partial charge on any atom is -0.409 e. The van der Waals surface area contributed by atoms with Crippen molar-refractivity contribution in [2.24, 2.45) is 10.9 Å². The Morgan fingerprint density at radius 3 is 2.95 bits per heavy atom. The molecule has 0 aliphatic carbocycles. The first-order valence-electron chi connectivity index (χ1n) is 5.61. The van der Waals surface area contributed by atoms with Crippen molar-refractivity contribution < 1.29 is 10.0 Å². The SMILES string of the molecule is Cc1ccc(Cl)cc1C(=O)Nc1[nH]ncc1/C(N)=N/O. The van der Waals surface area contributed by atoms with E-state index >= 15 is 0 Å². The van der Waals surface area contributed by atoms with Gasteiger partial charge in [0, 0.05) is 10.6 Å². The van der Waals surface area contributed by atoms with Crippen LogP contribution in [0.3, 0.4) is 0 Å². The Morgan fingerprint density at radius 2 is 2.25 bits per heavy atom. The zero-order chi connectivity index (χ0) is 14.7. The number of carbonyl (C=O) groups is 1. The lowest BCUT2D eigenvalue weighted by Gasteiger charge is -2.08. The first kappa shape index (κ1) is 13.9. The predicted octanol–water partition coefficient (Wildman–Crippen LogP) is 1.72. The second kappa shape index (κ2) is 5.62. The van der Waals surface area contributed by atoms with Crippen LogP contribution in [-0.4, -0.2) is 27.1 Å². The van der Waals surface area contributed by atoms with Crippen LogP contribution >= 0.6 is 11.6 Å². The summed E-state index contributed by atoms with van der Waals surface area (Å²) in [6, 6.07) is 5.01. The summed E-state index contributed by atoms with van der Waals surface area (Å²) >= 11 is 5.87. The molecule has 104 valence electrons. The molecule has 0 fully saturated rings. The lowest BCUT2D eigenvalue weighted by atomic mass is 10.1. The van der Waals surface area contributed by atoms with Gasteiger partial charge < -0.3 is 16.3 Å². The van der Waals surface area contributed by atoms with Crippen LogP contribution in [0.4, 0.5) is 5.82 Å². The van der Waals surface area contributed by atoms with Crippen molar-refractivity contribution in [3.05, 3.63) is 46.1 Å². The Labute approximate surface area is 119 Å². The van der Waals surface area contributed by atoms with Gasteiger partial charge in [0.1, 0.15) is 5.82 Å². The van der Waals surface area contributed by atoms with Crippen molar-refractivity contribution in [2.45, 2.75) is 6.92 Å². The second-order valence-corrected chi connectivity index (χ2v) is 4.49. The second-order valence-electron chi connectivity index (χ2n) is 4.06. The molecule has 1 amide bonds. The largest absolute Gasteiger partial charge is 0.409 e. The van der Waals surface area contributed by atoms with E-state index in [9.17, 15) is 4.79 Å². The maximum absolute atomic E-state index is 12.2. The predicted molar refractivity (Wildman–Crippen MR) is 75.2 cm³/mol. The van der Waals surface area contributed by atoms with E-state index < -0.39 is 0 Å². The van der Waals surface area contributed by atoms with Gasteiger partial charge in [0.2, 0.25) is 0 Å². The van der Waals surface area contributed by atoms with Crippen LogP contribution < -0.4 is 11.1 Å². The fourth-order valence-electron chi connectivity index (χ4n) is 1.65. The molecule has 0 atom stereocenters. The van der Waals surface area contributed by atoms with E-state index in [1.807, 2.05) is 0 Å². The number of rotatable bonds is 3. The number of amidine groups is 1. The summed E-state index contributed by atoms with van der Waals surface area (Å²) in [5, 5.41) is 20.9. The van der Waals surface area contributed by atoms with E-state index in [4.69, 9.17) is 22.5 Å². The van der Waals surface area contributed by atoms with Gasteiger partial charge in [-0.15, -0.1) is 0 Å². The van der Waals surface area contributed by atoms with Crippen LogP contribution in [0.2, 0.25) is 5.02 Å². The smallest absolute Gasteiger partial charge is 0.257 e. The van der Waals surface area contributed by atoms with Crippen molar-refractivity contribution in [2.75, 3.05) is 5.32 Å². The van der Waals surface area contributed by atoms with Gasteiger partial charge in [-0.2, -0.15) is 5.10 Å². The number of nitrogens with one attached hydrogen (secondary N) is 2. The van der Waals surface area contributed by atoms with Crippen LogP contribution in [0.1, 0.15) is 21.5 Å². The van der Waals surface area contributed by atoms with Crippen molar-refractivity contribution in [3.8, 4) is 0 Å². The van der Waals surface area contributed by atoms with Crippen LogP contribution in [-0.2, 0) is 0 Å². The van der Waals surface area contributed by atoms with Gasteiger partial charge in [-0.05, 0) is 24.6 Å². The lowest BCUT2D eigenvalue weighted by Crippen LogP contribution is -2.19. The number of halogens is 1. The molecule has 5 N–H and O–H groups in total. The highest BCUT2D eigenvalue weighted by Crippen LogP contribution is 2.18. The molecule has 1 aromatic carbocycles. The third-order valence-corrected chi connectivity index (χ3v) is 2.94. The van der Waals surface area contributed by atoms with Gasteiger partial charge in [0.15, 0.2) is 5.84 Å². The normalized spacial score (nSPS) is 11.4. The number of carbonyl (C=O) groups excluding carboxylic acids is 1. The van der Waals surface area contributed by atoms with Crippen molar-refractivity contribution >= 4 is 29.2 Å². The maximum atomic E-state index is 12.2. The van der Waals surface area contributed by atoms with Crippen molar-refractivity contribution in [3.63, 3.8) is 0 Å². The Morgan fingerprint density at radius 1 is 1.50 bits per heavy atom. The Bertz CT molecular complexity index is 680. The number of aryl methyl sites for hydroxylation is 1. The first-order chi connectivity index (χ1) is 9.52. The number of nitrogens with zero attached hydrogens (tertiary/aromatic N) is 2. The molecule has 0 spiro atoms. The van der Waals surface area contributed by atoms with Gasteiger partial charge >= 0.3 is 0 Å². The minimum absolute atomic E-state index is 0.156. The molecule has 7 nitrogen and oxygen atoms in total. The summed E-state index contributed by atoms with van der Waals surface area (Å²) in [7, 11) is 0. The highest BCUT2D eigenvalue weighted by atomic mass is 35.5. The lowest BCUT2D eigenvalue weighted by molar-refractivity contribution is 0.102. The summed E-state index contributed by atoms with van der Waals surface area (Å²) in [4.78, 5) is 12.2. The van der Waals surface area contributed by atoms with Crippen molar-refractivity contribution in [1.82, 2.24) is 10.2 Å². The molecule has 0 saturated heterocycles. The molecule has 0 unspecified atom stereocenters. The Kier molecular flexibility index (Phi) is 3.90. The third-order valence-electron chi connectivity index (χ3n) is 2.71. The summed E-state index contributed by atoms with van der Waals surface area (Å²) < 4.78 is 0. The average Bonchev–Trinajstić information content (AvgIpc) is 2.88. The minimum atomic E-state index is -0.374. The van der Waals surface area contributed by atoms with E-state index in [1.165, 1.54) is 6.20 Å². The molecule has 1 aromatic heterocycles. The van der Waals surface area contributed by atoms with E-state index in [1.54, 1.807) is 25.1 Å². The number of hydrogen-bond acceptors (Lipinski definition) is 4. The molecule has 0 aliphatic heterocycles. The average molecular weight is 294 g/mol. The van der Waals surface area contributed by atoms with Crippen LogP contribution in [0.15, 0.2) is 29.6 Å². The quantitative estimate of drug-likeness (QED) is 0.298. The zero-order valence-electron chi connectivity index (χ0n) is 10.5. The Balaban J connectivity index is 2.29. The fraction of sp³-hybridized carbons (Fsp3) is 0.0833. The standard InChI is InChI=1S/C12H12ClN5O2/c1-6-2-3-7(13)4-8(6)12(19)16-11-9(5-15-17-11)10(14)18-20/h2-5,20H,1H3,(H2,14,18)(H2,15,16,17,19). The van der Waals surface area contributed by atoms with Gasteiger partial charge in [0.05, 0.1) is 11.8 Å². The monoisotopic (exact) mass is 293 g/mol. The summed E-state index contributed by atoms with van der Waals surface area (Å²) in [6.45, 7) is 1.79. The van der Waals surface area contributed by atoms with E-state index in [-0.39, 0.29) is 17.6 Å². The number of anilines is 1. The number of hydrogen-bond donors (Lipinski definition) is 4. The number of benzene rings is 1. The molecule has 2 aromatic rings. The molecular formula is C12H12ClN5O2. The summed E-state index contributed by atoms with van der Waals surface area (Å²) in [6.07, 6.45) is 1.34. The summed E-state index contributed by atoms with van der Waals surface area (Å²) in [5.74, 6) is -0.289. The number of H-pyrrole nitrogens is 1. The van der Waals surface area contributed by atoms with Gasteiger partial charge in [-0.3, -0.25) is 9.89 Å². The number of aromatic amines is 1.